The Morgan fingerprint density at radius 1 is 1.21 bits per heavy atom. The van der Waals surface area contributed by atoms with Crippen LogP contribution in [0.5, 0.6) is 0 Å². The molecule has 0 radical (unpaired) electrons. The molecule has 144 valence electrons. The predicted octanol–water partition coefficient (Wildman–Crippen LogP) is 4.04. The van der Waals surface area contributed by atoms with Crippen molar-refractivity contribution in [2.24, 2.45) is 0 Å². The molecule has 2 atom stereocenters. The minimum Gasteiger partial charge on any atom is -0.263 e. The van der Waals surface area contributed by atoms with Gasteiger partial charge in [-0.25, -0.2) is 14.6 Å². The normalized spacial score (nSPS) is 18.6. The second-order valence-electron chi connectivity index (χ2n) is 7.43. The van der Waals surface area contributed by atoms with E-state index < -0.39 is 0 Å². The van der Waals surface area contributed by atoms with Crippen LogP contribution in [0.2, 0.25) is 0 Å². The Morgan fingerprint density at radius 2 is 2.11 bits per heavy atom. The second kappa shape index (κ2) is 8.34. The Hall–Kier alpha value is -3.01. The fraction of sp³-hybridized carbons (Fsp3) is 0.476. The summed E-state index contributed by atoms with van der Waals surface area (Å²) in [6.45, 7) is 2.22. The number of nitriles is 1. The van der Waals surface area contributed by atoms with Crippen LogP contribution in [0.3, 0.4) is 0 Å². The first-order valence-corrected chi connectivity index (χ1v) is 10.1. The molecule has 0 amide bonds. The van der Waals surface area contributed by atoms with E-state index in [-0.39, 0.29) is 11.8 Å². The number of H-pyrrole nitrogens is 1. The maximum Gasteiger partial charge on any atom is 0.151 e. The van der Waals surface area contributed by atoms with Crippen LogP contribution in [0.1, 0.15) is 80.3 Å². The molecule has 2 heterocycles. The molecule has 1 N–H and O–H groups in total. The Morgan fingerprint density at radius 3 is 2.82 bits per heavy atom. The maximum absolute atomic E-state index is 9.27. The molecule has 1 aromatic carbocycles. The number of benzene rings is 1. The SMILES string of the molecule is CCCCCCc1nc([C@@H]2CC[C@@H]2c2ncn[nH]2)n(-c2cccc(C#N)c2)n1. The van der Waals surface area contributed by atoms with Gasteiger partial charge in [-0.05, 0) is 37.5 Å². The number of hydrogen-bond donors (Lipinski definition) is 1. The monoisotopic (exact) mass is 375 g/mol. The second-order valence-corrected chi connectivity index (χ2v) is 7.43. The van der Waals surface area contributed by atoms with Crippen LogP contribution in [0.25, 0.3) is 5.69 Å². The van der Waals surface area contributed by atoms with E-state index in [4.69, 9.17) is 10.1 Å². The topological polar surface area (TPSA) is 96.1 Å². The van der Waals surface area contributed by atoms with E-state index in [1.54, 1.807) is 6.33 Å². The molecular formula is C21H25N7. The lowest BCUT2D eigenvalue weighted by Gasteiger charge is -2.34. The maximum atomic E-state index is 9.27. The van der Waals surface area contributed by atoms with Crippen LogP contribution in [0.15, 0.2) is 30.6 Å². The molecule has 7 heteroatoms. The van der Waals surface area contributed by atoms with Crippen molar-refractivity contribution >= 4 is 0 Å². The Balaban J connectivity index is 1.65. The molecule has 4 rings (SSSR count). The van der Waals surface area contributed by atoms with E-state index in [9.17, 15) is 5.26 Å². The third kappa shape index (κ3) is 3.68. The standard InChI is InChI=1S/C21H25N7/c1-2-3-4-5-9-19-25-21(18-11-10-17(18)20-23-14-24-26-20)28(27-19)16-8-6-7-15(12-16)13-22/h6-8,12,14,17-18H,2-5,9-11H2,1H3,(H,23,24,26)/t17-,18+/m0/s1. The summed E-state index contributed by atoms with van der Waals surface area (Å²) in [7, 11) is 0. The minimum absolute atomic E-state index is 0.260. The molecule has 2 aromatic heterocycles. The number of aromatic nitrogens is 6. The Labute approximate surface area is 164 Å². The van der Waals surface area contributed by atoms with Gasteiger partial charge < -0.3 is 0 Å². The first kappa shape index (κ1) is 18.4. The molecule has 3 aromatic rings. The van der Waals surface area contributed by atoms with Crippen LogP contribution >= 0.6 is 0 Å². The van der Waals surface area contributed by atoms with Gasteiger partial charge in [0.2, 0.25) is 0 Å². The van der Waals surface area contributed by atoms with Crippen LogP contribution in [0.4, 0.5) is 0 Å². The van der Waals surface area contributed by atoms with Crippen molar-refractivity contribution in [3.05, 3.63) is 53.6 Å². The van der Waals surface area contributed by atoms with Crippen molar-refractivity contribution in [1.82, 2.24) is 29.9 Å². The highest BCUT2D eigenvalue weighted by Gasteiger charge is 2.39. The molecule has 0 aliphatic heterocycles. The van der Waals surface area contributed by atoms with Gasteiger partial charge in [-0.2, -0.15) is 15.5 Å². The lowest BCUT2D eigenvalue weighted by Crippen LogP contribution is -2.26. The lowest BCUT2D eigenvalue weighted by atomic mass is 9.72. The highest BCUT2D eigenvalue weighted by molar-refractivity contribution is 5.42. The quantitative estimate of drug-likeness (QED) is 0.599. The van der Waals surface area contributed by atoms with Crippen LogP contribution < -0.4 is 0 Å². The summed E-state index contributed by atoms with van der Waals surface area (Å²) in [4.78, 5) is 9.28. The smallest absolute Gasteiger partial charge is 0.151 e. The van der Waals surface area contributed by atoms with Crippen LogP contribution in [-0.2, 0) is 6.42 Å². The van der Waals surface area contributed by atoms with Crippen molar-refractivity contribution in [2.75, 3.05) is 0 Å². The Bertz CT molecular complexity index is 952. The van der Waals surface area contributed by atoms with E-state index in [0.717, 1.165) is 48.8 Å². The summed E-state index contributed by atoms with van der Waals surface area (Å²) >= 11 is 0. The number of nitrogens with one attached hydrogen (secondary N) is 1. The number of aryl methyl sites for hydroxylation is 1. The van der Waals surface area contributed by atoms with Gasteiger partial charge >= 0.3 is 0 Å². The zero-order valence-electron chi connectivity index (χ0n) is 16.2. The zero-order valence-corrected chi connectivity index (χ0v) is 16.2. The number of rotatable bonds is 8. The third-order valence-corrected chi connectivity index (χ3v) is 5.54. The van der Waals surface area contributed by atoms with E-state index in [2.05, 4.69) is 28.2 Å². The van der Waals surface area contributed by atoms with Gasteiger partial charge in [0, 0.05) is 18.3 Å². The molecule has 1 fully saturated rings. The summed E-state index contributed by atoms with van der Waals surface area (Å²) in [5.41, 5.74) is 1.52. The van der Waals surface area contributed by atoms with Crippen molar-refractivity contribution in [2.45, 2.75) is 63.7 Å². The molecule has 28 heavy (non-hydrogen) atoms. The summed E-state index contributed by atoms with van der Waals surface area (Å²) in [6.07, 6.45) is 9.33. The van der Waals surface area contributed by atoms with Crippen molar-refractivity contribution in [3.8, 4) is 11.8 Å². The van der Waals surface area contributed by atoms with E-state index in [0.29, 0.717) is 5.56 Å². The molecule has 0 spiro atoms. The first-order chi connectivity index (χ1) is 13.8. The molecular weight excluding hydrogens is 350 g/mol. The van der Waals surface area contributed by atoms with Crippen molar-refractivity contribution in [3.63, 3.8) is 0 Å². The fourth-order valence-electron chi connectivity index (χ4n) is 3.85. The highest BCUT2D eigenvalue weighted by Crippen LogP contribution is 2.47. The first-order valence-electron chi connectivity index (χ1n) is 10.1. The van der Waals surface area contributed by atoms with Gasteiger partial charge in [0.1, 0.15) is 18.0 Å². The van der Waals surface area contributed by atoms with Crippen molar-refractivity contribution < 1.29 is 0 Å². The van der Waals surface area contributed by atoms with Crippen LogP contribution in [-0.4, -0.2) is 29.9 Å². The average molecular weight is 375 g/mol. The molecule has 7 nitrogen and oxygen atoms in total. The minimum atomic E-state index is 0.260. The van der Waals surface area contributed by atoms with Gasteiger partial charge in [-0.1, -0.05) is 32.3 Å². The number of hydrogen-bond acceptors (Lipinski definition) is 5. The number of unbranched alkanes of at least 4 members (excludes halogenated alkanes) is 3. The lowest BCUT2D eigenvalue weighted by molar-refractivity contribution is 0.315. The summed E-state index contributed by atoms with van der Waals surface area (Å²) in [6, 6.07) is 9.79. The molecule has 1 aliphatic carbocycles. The number of aromatic amines is 1. The average Bonchev–Trinajstić information content (AvgIpc) is 3.35. The van der Waals surface area contributed by atoms with E-state index in [1.165, 1.54) is 19.3 Å². The number of nitrogens with zero attached hydrogens (tertiary/aromatic N) is 6. The largest absolute Gasteiger partial charge is 0.263 e. The van der Waals surface area contributed by atoms with Gasteiger partial charge in [0.15, 0.2) is 5.82 Å². The molecule has 0 unspecified atom stereocenters. The van der Waals surface area contributed by atoms with Gasteiger partial charge in [0.05, 0.1) is 17.3 Å². The zero-order chi connectivity index (χ0) is 19.3. The van der Waals surface area contributed by atoms with Gasteiger partial charge in [-0.15, -0.1) is 0 Å². The van der Waals surface area contributed by atoms with Crippen molar-refractivity contribution in [1.29, 1.82) is 5.26 Å². The van der Waals surface area contributed by atoms with Crippen LogP contribution in [0, 0.1) is 11.3 Å². The van der Waals surface area contributed by atoms with E-state index >= 15 is 0 Å². The van der Waals surface area contributed by atoms with Gasteiger partial charge in [0.25, 0.3) is 0 Å². The molecule has 0 saturated heterocycles. The molecule has 1 aliphatic rings. The summed E-state index contributed by atoms with van der Waals surface area (Å²) in [5, 5.41) is 21.1. The third-order valence-electron chi connectivity index (χ3n) is 5.54. The highest BCUT2D eigenvalue weighted by atomic mass is 15.4. The fourth-order valence-corrected chi connectivity index (χ4v) is 3.85. The predicted molar refractivity (Wildman–Crippen MR) is 105 cm³/mol. The summed E-state index contributed by atoms with van der Waals surface area (Å²) < 4.78 is 1.93. The summed E-state index contributed by atoms with van der Waals surface area (Å²) in [5.74, 6) is 3.32. The molecule has 1 saturated carbocycles. The Kier molecular flexibility index (Phi) is 5.47. The van der Waals surface area contributed by atoms with Gasteiger partial charge in [-0.3, -0.25) is 5.10 Å². The van der Waals surface area contributed by atoms with E-state index in [1.807, 2.05) is 28.9 Å². The molecule has 0 bridgehead atoms.